The number of methoxy groups -OCH3 is 1. The van der Waals surface area contributed by atoms with Gasteiger partial charge in [0.1, 0.15) is 11.4 Å². The molecule has 0 amide bonds. The van der Waals surface area contributed by atoms with E-state index in [1.54, 1.807) is 7.11 Å². The number of para-hydroxylation sites is 1. The maximum absolute atomic E-state index is 11.9. The van der Waals surface area contributed by atoms with Gasteiger partial charge >= 0.3 is 5.97 Å². The fraction of sp³-hybridized carbons (Fsp3) is 0.150. The minimum Gasteiger partial charge on any atom is -0.496 e. The van der Waals surface area contributed by atoms with Crippen LogP contribution in [0.1, 0.15) is 21.6 Å². The number of nitrogens with one attached hydrogen (secondary N) is 1. The highest BCUT2D eigenvalue weighted by Crippen LogP contribution is 2.43. The van der Waals surface area contributed by atoms with E-state index in [1.807, 2.05) is 42.5 Å². The molecule has 4 rings (SSSR count). The van der Waals surface area contributed by atoms with Gasteiger partial charge in [0.15, 0.2) is 0 Å². The number of rotatable bonds is 3. The molecule has 1 aliphatic rings. The maximum Gasteiger partial charge on any atom is 0.352 e. The summed E-state index contributed by atoms with van der Waals surface area (Å²) in [6.45, 7) is 0. The molecule has 0 bridgehead atoms. The molecule has 24 heavy (non-hydrogen) atoms. The number of hydrogen-bond donors (Lipinski definition) is 2. The van der Waals surface area contributed by atoms with E-state index in [4.69, 9.17) is 4.74 Å². The van der Waals surface area contributed by atoms with Crippen LogP contribution in [0.4, 0.5) is 0 Å². The lowest BCUT2D eigenvalue weighted by molar-refractivity contribution is 0.0692. The quantitative estimate of drug-likeness (QED) is 0.762. The molecule has 0 unspecified atom stereocenters. The number of carbonyl (C=O) groups is 1. The minimum absolute atomic E-state index is 0.223. The molecule has 1 aliphatic carbocycles. The van der Waals surface area contributed by atoms with E-state index in [1.165, 1.54) is 5.56 Å². The molecular formula is C20H17NO3. The van der Waals surface area contributed by atoms with Crippen LogP contribution in [-0.4, -0.2) is 23.2 Å². The van der Waals surface area contributed by atoms with Crippen LogP contribution in [0.15, 0.2) is 48.5 Å². The number of benzene rings is 2. The lowest BCUT2D eigenvalue weighted by atomic mass is 9.86. The van der Waals surface area contributed by atoms with Crippen molar-refractivity contribution in [1.29, 1.82) is 0 Å². The number of hydrogen-bond acceptors (Lipinski definition) is 2. The number of aromatic nitrogens is 1. The van der Waals surface area contributed by atoms with Gasteiger partial charge in [-0.05, 0) is 30.0 Å². The monoisotopic (exact) mass is 319 g/mol. The van der Waals surface area contributed by atoms with Gasteiger partial charge in [0.05, 0.1) is 12.8 Å². The Balaban J connectivity index is 2.03. The zero-order chi connectivity index (χ0) is 16.7. The number of aryl methyl sites for hydroxylation is 1. The average molecular weight is 319 g/mol. The predicted molar refractivity (Wildman–Crippen MR) is 92.6 cm³/mol. The molecule has 0 saturated heterocycles. The summed E-state index contributed by atoms with van der Waals surface area (Å²) < 4.78 is 5.46. The average Bonchev–Trinajstić information content (AvgIpc) is 3.01. The standard InChI is InChI=1S/C20H17NO3/c1-24-16-9-5-4-8-14(16)17-15-11-10-12-6-2-3-7-13(12)18(15)21-19(17)20(22)23/h2-9,21H,10-11H2,1H3,(H,22,23). The third-order valence-electron chi connectivity index (χ3n) is 4.62. The molecule has 120 valence electrons. The zero-order valence-electron chi connectivity index (χ0n) is 13.3. The van der Waals surface area contributed by atoms with Crippen LogP contribution < -0.4 is 4.74 Å². The van der Waals surface area contributed by atoms with Crippen molar-refractivity contribution in [1.82, 2.24) is 4.98 Å². The first-order valence-electron chi connectivity index (χ1n) is 7.90. The van der Waals surface area contributed by atoms with Crippen molar-refractivity contribution in [3.63, 3.8) is 0 Å². The molecule has 0 radical (unpaired) electrons. The van der Waals surface area contributed by atoms with Gasteiger partial charge in [-0.15, -0.1) is 0 Å². The fourth-order valence-corrected chi connectivity index (χ4v) is 3.57. The van der Waals surface area contributed by atoms with Crippen LogP contribution in [0.25, 0.3) is 22.4 Å². The van der Waals surface area contributed by atoms with Gasteiger partial charge in [-0.25, -0.2) is 4.79 Å². The van der Waals surface area contributed by atoms with Crippen molar-refractivity contribution >= 4 is 5.97 Å². The van der Waals surface area contributed by atoms with E-state index in [2.05, 4.69) is 11.1 Å². The summed E-state index contributed by atoms with van der Waals surface area (Å²) in [6, 6.07) is 15.7. The number of aromatic carboxylic acids is 1. The highest BCUT2D eigenvalue weighted by atomic mass is 16.5. The number of fused-ring (bicyclic) bond motifs is 3. The molecule has 0 saturated carbocycles. The molecule has 2 aromatic carbocycles. The maximum atomic E-state index is 11.9. The summed E-state index contributed by atoms with van der Waals surface area (Å²) in [5, 5.41) is 9.72. The Kier molecular flexibility index (Phi) is 3.38. The molecule has 0 spiro atoms. The Labute approximate surface area is 139 Å². The van der Waals surface area contributed by atoms with Gasteiger partial charge in [-0.3, -0.25) is 0 Å². The largest absolute Gasteiger partial charge is 0.496 e. The van der Waals surface area contributed by atoms with Crippen molar-refractivity contribution in [2.75, 3.05) is 7.11 Å². The van der Waals surface area contributed by atoms with Crippen LogP contribution in [0, 0.1) is 0 Å². The second kappa shape index (κ2) is 5.57. The molecule has 3 aromatic rings. The number of carboxylic acids is 1. The van der Waals surface area contributed by atoms with Crippen LogP contribution in [0.5, 0.6) is 5.75 Å². The summed E-state index contributed by atoms with van der Waals surface area (Å²) in [7, 11) is 1.60. The third-order valence-corrected chi connectivity index (χ3v) is 4.62. The molecule has 0 atom stereocenters. The van der Waals surface area contributed by atoms with Crippen molar-refractivity contribution < 1.29 is 14.6 Å². The summed E-state index contributed by atoms with van der Waals surface area (Å²) in [5.41, 5.74) is 6.07. The molecule has 0 aliphatic heterocycles. The fourth-order valence-electron chi connectivity index (χ4n) is 3.57. The van der Waals surface area contributed by atoms with Crippen molar-refractivity contribution in [2.24, 2.45) is 0 Å². The molecule has 4 heteroatoms. The number of H-pyrrole nitrogens is 1. The topological polar surface area (TPSA) is 62.3 Å². The van der Waals surface area contributed by atoms with Crippen molar-refractivity contribution in [2.45, 2.75) is 12.8 Å². The van der Waals surface area contributed by atoms with Crippen molar-refractivity contribution in [3.05, 3.63) is 65.4 Å². The normalized spacial score (nSPS) is 12.4. The van der Waals surface area contributed by atoms with E-state index in [0.717, 1.165) is 40.8 Å². The Hall–Kier alpha value is -3.01. The Morgan fingerprint density at radius 3 is 2.50 bits per heavy atom. The van der Waals surface area contributed by atoms with Gasteiger partial charge in [-0.2, -0.15) is 0 Å². The van der Waals surface area contributed by atoms with Crippen LogP contribution in [0.3, 0.4) is 0 Å². The molecule has 0 fully saturated rings. The minimum atomic E-state index is -0.956. The predicted octanol–water partition coefficient (Wildman–Crippen LogP) is 4.15. The smallest absolute Gasteiger partial charge is 0.352 e. The van der Waals surface area contributed by atoms with Crippen LogP contribution in [0.2, 0.25) is 0 Å². The second-order valence-corrected chi connectivity index (χ2v) is 5.89. The summed E-state index contributed by atoms with van der Waals surface area (Å²) >= 11 is 0. The number of carboxylic acid groups (broad SMARTS) is 1. The molecule has 2 N–H and O–H groups in total. The molecule has 4 nitrogen and oxygen atoms in total. The molecule has 1 aromatic heterocycles. The Bertz CT molecular complexity index is 940. The first-order valence-corrected chi connectivity index (χ1v) is 7.90. The zero-order valence-corrected chi connectivity index (χ0v) is 13.3. The highest BCUT2D eigenvalue weighted by Gasteiger charge is 2.28. The lowest BCUT2D eigenvalue weighted by Crippen LogP contribution is -2.03. The summed E-state index contributed by atoms with van der Waals surface area (Å²) in [5.74, 6) is -0.275. The Morgan fingerprint density at radius 2 is 1.75 bits per heavy atom. The van der Waals surface area contributed by atoms with Gasteiger partial charge < -0.3 is 14.8 Å². The van der Waals surface area contributed by atoms with Crippen molar-refractivity contribution in [3.8, 4) is 28.1 Å². The van der Waals surface area contributed by atoms with E-state index >= 15 is 0 Å². The Morgan fingerprint density at radius 1 is 1.04 bits per heavy atom. The van der Waals surface area contributed by atoms with E-state index < -0.39 is 5.97 Å². The number of aromatic amines is 1. The van der Waals surface area contributed by atoms with Gasteiger partial charge in [0.25, 0.3) is 0 Å². The van der Waals surface area contributed by atoms with Crippen LogP contribution in [-0.2, 0) is 12.8 Å². The van der Waals surface area contributed by atoms with E-state index in [0.29, 0.717) is 5.75 Å². The second-order valence-electron chi connectivity index (χ2n) is 5.89. The summed E-state index contributed by atoms with van der Waals surface area (Å²) in [6.07, 6.45) is 1.71. The van der Waals surface area contributed by atoms with Gasteiger partial charge in [0.2, 0.25) is 0 Å². The van der Waals surface area contributed by atoms with Gasteiger partial charge in [0, 0.05) is 16.7 Å². The molecule has 1 heterocycles. The first-order chi connectivity index (χ1) is 11.7. The van der Waals surface area contributed by atoms with E-state index in [-0.39, 0.29) is 5.69 Å². The summed E-state index contributed by atoms with van der Waals surface area (Å²) in [4.78, 5) is 15.0. The van der Waals surface area contributed by atoms with Crippen LogP contribution >= 0.6 is 0 Å². The van der Waals surface area contributed by atoms with E-state index in [9.17, 15) is 9.90 Å². The highest BCUT2D eigenvalue weighted by molar-refractivity contribution is 5.99. The molecular weight excluding hydrogens is 302 g/mol. The lowest BCUT2D eigenvalue weighted by Gasteiger charge is -2.18. The number of ether oxygens (including phenoxy) is 1. The third kappa shape index (κ3) is 2.11. The van der Waals surface area contributed by atoms with Gasteiger partial charge in [-0.1, -0.05) is 42.5 Å². The SMILES string of the molecule is COc1ccccc1-c1c(C(=O)O)[nH]c2c1CCc1ccccc1-2. The first kappa shape index (κ1) is 14.6.